The topological polar surface area (TPSA) is 70.1 Å². The maximum atomic E-state index is 13.1. The Morgan fingerprint density at radius 2 is 1.96 bits per heavy atom. The molecule has 1 heterocycles. The lowest BCUT2D eigenvalue weighted by Crippen LogP contribution is -2.22. The molecule has 124 valence electrons. The Morgan fingerprint density at radius 3 is 2.57 bits per heavy atom. The van der Waals surface area contributed by atoms with Gasteiger partial charge < -0.3 is 15.7 Å². The molecule has 1 aromatic heterocycles. The zero-order chi connectivity index (χ0) is 17.0. The summed E-state index contributed by atoms with van der Waals surface area (Å²) in [6.07, 6.45) is -4.67. The van der Waals surface area contributed by atoms with Gasteiger partial charge in [-0.05, 0) is 25.1 Å². The molecule has 0 aliphatic carbocycles. The smallest absolute Gasteiger partial charge is 0.394 e. The summed E-state index contributed by atoms with van der Waals surface area (Å²) in [5.41, 5.74) is -0.906. The summed E-state index contributed by atoms with van der Waals surface area (Å²) in [5, 5.41) is 14.1. The summed E-state index contributed by atoms with van der Waals surface area (Å²) in [5.74, 6) is -0.974. The van der Waals surface area contributed by atoms with Crippen molar-refractivity contribution in [2.24, 2.45) is 0 Å². The second-order valence-electron chi connectivity index (χ2n) is 4.82. The number of halogens is 4. The van der Waals surface area contributed by atoms with Gasteiger partial charge in [-0.2, -0.15) is 18.2 Å². The quantitative estimate of drug-likeness (QED) is 0.735. The summed E-state index contributed by atoms with van der Waals surface area (Å²) in [6.45, 7) is 1.26. The molecular formula is C14H14F4N4O. The van der Waals surface area contributed by atoms with Crippen LogP contribution in [0.3, 0.4) is 0 Å². The van der Waals surface area contributed by atoms with Gasteiger partial charge >= 0.3 is 6.18 Å². The minimum atomic E-state index is -4.67. The zero-order valence-electron chi connectivity index (χ0n) is 12.0. The number of aromatic nitrogens is 2. The van der Waals surface area contributed by atoms with Crippen molar-refractivity contribution < 1.29 is 22.7 Å². The van der Waals surface area contributed by atoms with Crippen LogP contribution in [0.2, 0.25) is 0 Å². The number of aliphatic hydroxyl groups is 1. The number of alkyl halides is 3. The molecule has 2 aromatic rings. The molecule has 3 N–H and O–H groups in total. The normalized spacial score (nSPS) is 12.8. The van der Waals surface area contributed by atoms with Gasteiger partial charge in [0, 0.05) is 17.8 Å². The van der Waals surface area contributed by atoms with Gasteiger partial charge in [-0.3, -0.25) is 0 Å². The van der Waals surface area contributed by atoms with Crippen molar-refractivity contribution in [2.75, 3.05) is 17.2 Å². The molecule has 0 spiro atoms. The van der Waals surface area contributed by atoms with E-state index in [-0.39, 0.29) is 24.1 Å². The molecule has 23 heavy (non-hydrogen) atoms. The Kier molecular flexibility index (Phi) is 4.99. The van der Waals surface area contributed by atoms with Crippen LogP contribution in [0.4, 0.5) is 35.0 Å². The molecule has 0 unspecified atom stereocenters. The molecule has 0 saturated carbocycles. The third-order valence-electron chi connectivity index (χ3n) is 2.76. The van der Waals surface area contributed by atoms with Crippen LogP contribution in [0.1, 0.15) is 12.6 Å². The summed E-state index contributed by atoms with van der Waals surface area (Å²) in [4.78, 5) is 7.27. The highest BCUT2D eigenvalue weighted by Crippen LogP contribution is 2.30. The van der Waals surface area contributed by atoms with Crippen LogP contribution in [-0.2, 0) is 6.18 Å². The van der Waals surface area contributed by atoms with Crippen LogP contribution in [0.15, 0.2) is 30.3 Å². The minimum absolute atomic E-state index is 0.148. The van der Waals surface area contributed by atoms with Crippen LogP contribution in [0.25, 0.3) is 0 Å². The molecule has 2 rings (SSSR count). The Bertz CT molecular complexity index is 678. The van der Waals surface area contributed by atoms with Crippen molar-refractivity contribution in [3.05, 3.63) is 41.8 Å². The molecule has 0 fully saturated rings. The van der Waals surface area contributed by atoms with Crippen LogP contribution in [0, 0.1) is 5.82 Å². The largest absolute Gasteiger partial charge is 0.433 e. The molecule has 5 nitrogen and oxygen atoms in total. The Labute approximate surface area is 129 Å². The standard InChI is InChI=1S/C14H14F4N4O/c1-8(7-23)19-13-21-11(14(16,17)18)6-12(22-13)20-10-4-2-3-9(15)5-10/h2-6,8,23H,7H2,1H3,(H2,19,20,21,22)/t8-/m0/s1. The lowest BCUT2D eigenvalue weighted by Gasteiger charge is -2.15. The molecule has 1 aromatic carbocycles. The van der Waals surface area contributed by atoms with Gasteiger partial charge in [0.1, 0.15) is 11.6 Å². The molecular weight excluding hydrogens is 316 g/mol. The number of nitrogens with zero attached hydrogens (tertiary/aromatic N) is 2. The minimum Gasteiger partial charge on any atom is -0.394 e. The fourth-order valence-corrected chi connectivity index (χ4v) is 1.70. The maximum Gasteiger partial charge on any atom is 0.433 e. The van der Waals surface area contributed by atoms with E-state index in [1.807, 2.05) is 0 Å². The third-order valence-corrected chi connectivity index (χ3v) is 2.76. The van der Waals surface area contributed by atoms with Crippen molar-refractivity contribution in [2.45, 2.75) is 19.1 Å². The number of hydrogen-bond acceptors (Lipinski definition) is 5. The van der Waals surface area contributed by atoms with Crippen LogP contribution in [-0.4, -0.2) is 27.7 Å². The summed E-state index contributed by atoms with van der Waals surface area (Å²) in [7, 11) is 0. The van der Waals surface area contributed by atoms with Gasteiger partial charge in [-0.25, -0.2) is 9.37 Å². The first-order chi connectivity index (χ1) is 10.8. The highest BCUT2D eigenvalue weighted by atomic mass is 19.4. The summed E-state index contributed by atoms with van der Waals surface area (Å²) in [6, 6.07) is 5.43. The summed E-state index contributed by atoms with van der Waals surface area (Å²) < 4.78 is 51.9. The molecule has 0 radical (unpaired) electrons. The van der Waals surface area contributed by atoms with Gasteiger partial charge in [0.25, 0.3) is 0 Å². The number of anilines is 3. The highest BCUT2D eigenvalue weighted by Gasteiger charge is 2.33. The monoisotopic (exact) mass is 330 g/mol. The number of benzene rings is 1. The van der Waals surface area contributed by atoms with Gasteiger partial charge in [0.2, 0.25) is 5.95 Å². The fourth-order valence-electron chi connectivity index (χ4n) is 1.70. The molecule has 9 heteroatoms. The van der Waals surface area contributed by atoms with Crippen LogP contribution in [0.5, 0.6) is 0 Å². The Hall–Kier alpha value is -2.42. The average molecular weight is 330 g/mol. The van der Waals surface area contributed by atoms with Crippen molar-refractivity contribution >= 4 is 17.5 Å². The molecule has 0 bridgehead atoms. The lowest BCUT2D eigenvalue weighted by molar-refractivity contribution is -0.141. The zero-order valence-corrected chi connectivity index (χ0v) is 12.0. The first-order valence-electron chi connectivity index (χ1n) is 6.64. The Balaban J connectivity index is 2.35. The Morgan fingerprint density at radius 1 is 1.22 bits per heavy atom. The van der Waals surface area contributed by atoms with E-state index in [2.05, 4.69) is 20.6 Å². The van der Waals surface area contributed by atoms with Gasteiger partial charge in [0.05, 0.1) is 6.61 Å². The predicted molar refractivity (Wildman–Crippen MR) is 76.9 cm³/mol. The molecule has 0 amide bonds. The SMILES string of the molecule is C[C@@H](CO)Nc1nc(Nc2cccc(F)c2)cc(C(F)(F)F)n1. The molecule has 0 aliphatic heterocycles. The average Bonchev–Trinajstić information content (AvgIpc) is 2.46. The van der Waals surface area contributed by atoms with E-state index in [0.29, 0.717) is 0 Å². The molecule has 1 atom stereocenters. The van der Waals surface area contributed by atoms with Crippen molar-refractivity contribution in [1.82, 2.24) is 9.97 Å². The van der Waals surface area contributed by atoms with E-state index in [1.54, 1.807) is 6.92 Å². The summed E-state index contributed by atoms with van der Waals surface area (Å²) >= 11 is 0. The van der Waals surface area contributed by atoms with E-state index in [4.69, 9.17) is 5.11 Å². The van der Waals surface area contributed by atoms with Gasteiger partial charge in [0.15, 0.2) is 5.69 Å². The fraction of sp³-hybridized carbons (Fsp3) is 0.286. The van der Waals surface area contributed by atoms with E-state index in [9.17, 15) is 17.6 Å². The molecule has 0 saturated heterocycles. The number of hydrogen-bond donors (Lipinski definition) is 3. The van der Waals surface area contributed by atoms with Crippen molar-refractivity contribution in [1.29, 1.82) is 0 Å². The van der Waals surface area contributed by atoms with E-state index in [0.717, 1.165) is 12.1 Å². The van der Waals surface area contributed by atoms with Gasteiger partial charge in [-0.1, -0.05) is 6.07 Å². The number of rotatable bonds is 5. The predicted octanol–water partition coefficient (Wildman–Crippen LogP) is 3.17. The van der Waals surface area contributed by atoms with Crippen LogP contribution >= 0.6 is 0 Å². The van der Waals surface area contributed by atoms with Gasteiger partial charge in [-0.15, -0.1) is 0 Å². The highest BCUT2D eigenvalue weighted by molar-refractivity contribution is 5.57. The van der Waals surface area contributed by atoms with E-state index < -0.39 is 23.7 Å². The first kappa shape index (κ1) is 16.9. The van der Waals surface area contributed by atoms with Crippen LogP contribution < -0.4 is 10.6 Å². The molecule has 0 aliphatic rings. The third kappa shape index (κ3) is 4.78. The second kappa shape index (κ2) is 6.78. The van der Waals surface area contributed by atoms with E-state index >= 15 is 0 Å². The maximum absolute atomic E-state index is 13.1. The lowest BCUT2D eigenvalue weighted by atomic mass is 10.3. The van der Waals surface area contributed by atoms with Crippen molar-refractivity contribution in [3.63, 3.8) is 0 Å². The van der Waals surface area contributed by atoms with E-state index in [1.165, 1.54) is 18.2 Å². The first-order valence-corrected chi connectivity index (χ1v) is 6.64. The van der Waals surface area contributed by atoms with Crippen molar-refractivity contribution in [3.8, 4) is 0 Å². The second-order valence-corrected chi connectivity index (χ2v) is 4.82. The number of aliphatic hydroxyl groups excluding tert-OH is 1. The number of nitrogens with one attached hydrogen (secondary N) is 2.